The number of hydrogen-bond donors (Lipinski definition) is 0. The SMILES string of the molecule is CCOC(=O)C(CC)N1CC(CC(C)(C)F)CC1=O. The first-order chi connectivity index (χ1) is 8.78. The van der Waals surface area contributed by atoms with Crippen LogP contribution in [0.25, 0.3) is 0 Å². The minimum atomic E-state index is -1.29. The highest BCUT2D eigenvalue weighted by Gasteiger charge is 2.39. The average molecular weight is 273 g/mol. The number of nitrogens with zero attached hydrogens (tertiary/aromatic N) is 1. The Morgan fingerprint density at radius 2 is 2.16 bits per heavy atom. The van der Waals surface area contributed by atoms with E-state index in [1.165, 1.54) is 13.8 Å². The number of halogens is 1. The van der Waals surface area contributed by atoms with E-state index in [2.05, 4.69) is 0 Å². The summed E-state index contributed by atoms with van der Waals surface area (Å²) < 4.78 is 18.6. The lowest BCUT2D eigenvalue weighted by Gasteiger charge is -2.26. The summed E-state index contributed by atoms with van der Waals surface area (Å²) in [5.41, 5.74) is -1.29. The number of amides is 1. The number of likely N-dealkylation sites (tertiary alicyclic amines) is 1. The molecule has 0 saturated carbocycles. The van der Waals surface area contributed by atoms with Crippen LogP contribution in [0.3, 0.4) is 0 Å². The number of hydrogen-bond acceptors (Lipinski definition) is 3. The van der Waals surface area contributed by atoms with Crippen LogP contribution in [-0.2, 0) is 14.3 Å². The smallest absolute Gasteiger partial charge is 0.328 e. The Kier molecular flexibility index (Phi) is 5.32. The van der Waals surface area contributed by atoms with Gasteiger partial charge in [-0.15, -0.1) is 0 Å². The van der Waals surface area contributed by atoms with Crippen molar-refractivity contribution in [1.29, 1.82) is 0 Å². The summed E-state index contributed by atoms with van der Waals surface area (Å²) in [4.78, 5) is 25.3. The highest BCUT2D eigenvalue weighted by atomic mass is 19.1. The van der Waals surface area contributed by atoms with Gasteiger partial charge in [-0.1, -0.05) is 6.92 Å². The third-order valence-corrected chi connectivity index (χ3v) is 3.33. The molecule has 0 N–H and O–H groups in total. The fraction of sp³-hybridized carbons (Fsp3) is 0.857. The lowest BCUT2D eigenvalue weighted by Crippen LogP contribution is -2.43. The van der Waals surface area contributed by atoms with Gasteiger partial charge in [0.25, 0.3) is 0 Å². The van der Waals surface area contributed by atoms with E-state index in [0.29, 0.717) is 32.4 Å². The summed E-state index contributed by atoms with van der Waals surface area (Å²) in [6, 6.07) is -0.528. The molecule has 0 aromatic rings. The first-order valence-electron chi connectivity index (χ1n) is 6.93. The van der Waals surface area contributed by atoms with Crippen molar-refractivity contribution in [3.63, 3.8) is 0 Å². The van der Waals surface area contributed by atoms with E-state index in [1.54, 1.807) is 11.8 Å². The Bertz CT molecular complexity index is 338. The summed E-state index contributed by atoms with van der Waals surface area (Å²) in [7, 11) is 0. The molecular weight excluding hydrogens is 249 g/mol. The van der Waals surface area contributed by atoms with Gasteiger partial charge in [-0.05, 0) is 39.5 Å². The van der Waals surface area contributed by atoms with Gasteiger partial charge in [0.1, 0.15) is 11.7 Å². The van der Waals surface area contributed by atoms with E-state index in [9.17, 15) is 14.0 Å². The number of carbonyl (C=O) groups excluding carboxylic acids is 2. The van der Waals surface area contributed by atoms with Crippen molar-refractivity contribution in [2.24, 2.45) is 5.92 Å². The summed E-state index contributed by atoms with van der Waals surface area (Å²) in [6.45, 7) is 7.37. The third-order valence-electron chi connectivity index (χ3n) is 3.33. The van der Waals surface area contributed by atoms with E-state index in [1.807, 2.05) is 6.92 Å². The highest BCUT2D eigenvalue weighted by Crippen LogP contribution is 2.30. The lowest BCUT2D eigenvalue weighted by molar-refractivity contribution is -0.153. The van der Waals surface area contributed by atoms with Crippen LogP contribution in [0, 0.1) is 5.92 Å². The van der Waals surface area contributed by atoms with Crippen molar-refractivity contribution in [1.82, 2.24) is 4.90 Å². The number of esters is 1. The molecule has 110 valence electrons. The molecule has 1 rings (SSSR count). The molecule has 0 aromatic heterocycles. The van der Waals surface area contributed by atoms with Gasteiger partial charge in [0.2, 0.25) is 5.91 Å². The minimum Gasteiger partial charge on any atom is -0.464 e. The molecule has 1 fully saturated rings. The van der Waals surface area contributed by atoms with Crippen LogP contribution in [0.5, 0.6) is 0 Å². The summed E-state index contributed by atoms with van der Waals surface area (Å²) in [6.07, 6.45) is 1.19. The number of carbonyl (C=O) groups is 2. The van der Waals surface area contributed by atoms with E-state index in [4.69, 9.17) is 4.74 Å². The van der Waals surface area contributed by atoms with Crippen LogP contribution in [0.1, 0.15) is 47.0 Å². The van der Waals surface area contributed by atoms with E-state index in [-0.39, 0.29) is 17.8 Å². The molecule has 1 aliphatic heterocycles. The van der Waals surface area contributed by atoms with E-state index >= 15 is 0 Å². The monoisotopic (exact) mass is 273 g/mol. The molecule has 2 unspecified atom stereocenters. The summed E-state index contributed by atoms with van der Waals surface area (Å²) in [5.74, 6) is -0.455. The summed E-state index contributed by atoms with van der Waals surface area (Å²) in [5, 5.41) is 0. The molecule has 2 atom stereocenters. The fourth-order valence-electron chi connectivity index (χ4n) is 2.69. The standard InChI is InChI=1S/C14H24FNO3/c1-5-11(13(18)19-6-2)16-9-10(7-12(16)17)8-14(3,4)15/h10-11H,5-9H2,1-4H3. The van der Waals surface area contributed by atoms with Crippen molar-refractivity contribution in [3.8, 4) is 0 Å². The fourth-order valence-corrected chi connectivity index (χ4v) is 2.69. The van der Waals surface area contributed by atoms with Gasteiger partial charge in [-0.2, -0.15) is 0 Å². The molecule has 1 aliphatic rings. The van der Waals surface area contributed by atoms with Gasteiger partial charge in [0.15, 0.2) is 0 Å². The first kappa shape index (κ1) is 15.9. The zero-order valence-corrected chi connectivity index (χ0v) is 12.2. The quantitative estimate of drug-likeness (QED) is 0.698. The van der Waals surface area contributed by atoms with Crippen LogP contribution in [0.2, 0.25) is 0 Å². The van der Waals surface area contributed by atoms with Crippen molar-refractivity contribution in [2.45, 2.75) is 58.7 Å². The molecule has 5 heteroatoms. The van der Waals surface area contributed by atoms with Crippen LogP contribution in [0.4, 0.5) is 4.39 Å². The van der Waals surface area contributed by atoms with Crippen molar-refractivity contribution in [2.75, 3.05) is 13.2 Å². The Morgan fingerprint density at radius 1 is 1.53 bits per heavy atom. The number of alkyl halides is 1. The largest absolute Gasteiger partial charge is 0.464 e. The lowest BCUT2D eigenvalue weighted by atomic mass is 9.94. The number of rotatable bonds is 6. The third kappa shape index (κ3) is 4.48. The molecule has 0 aromatic carbocycles. The van der Waals surface area contributed by atoms with Gasteiger partial charge >= 0.3 is 5.97 Å². The van der Waals surface area contributed by atoms with Crippen LogP contribution in [-0.4, -0.2) is 41.6 Å². The highest BCUT2D eigenvalue weighted by molar-refractivity contribution is 5.86. The second-order valence-electron chi connectivity index (χ2n) is 5.72. The normalized spacial score (nSPS) is 21.6. The van der Waals surface area contributed by atoms with Crippen LogP contribution >= 0.6 is 0 Å². The van der Waals surface area contributed by atoms with Gasteiger partial charge in [-0.25, -0.2) is 9.18 Å². The molecule has 4 nitrogen and oxygen atoms in total. The Hall–Kier alpha value is -1.13. The molecule has 19 heavy (non-hydrogen) atoms. The predicted molar refractivity (Wildman–Crippen MR) is 70.3 cm³/mol. The molecule has 1 amide bonds. The number of ether oxygens (including phenoxy) is 1. The molecule has 0 radical (unpaired) electrons. The maximum absolute atomic E-state index is 13.6. The van der Waals surface area contributed by atoms with Crippen molar-refractivity contribution < 1.29 is 18.7 Å². The molecule has 0 bridgehead atoms. The molecule has 0 spiro atoms. The van der Waals surface area contributed by atoms with Crippen molar-refractivity contribution >= 4 is 11.9 Å². The van der Waals surface area contributed by atoms with Gasteiger partial charge < -0.3 is 9.64 Å². The van der Waals surface area contributed by atoms with Gasteiger partial charge in [0, 0.05) is 13.0 Å². The first-order valence-corrected chi connectivity index (χ1v) is 6.93. The maximum Gasteiger partial charge on any atom is 0.328 e. The topological polar surface area (TPSA) is 46.6 Å². The van der Waals surface area contributed by atoms with E-state index in [0.717, 1.165) is 0 Å². The minimum absolute atomic E-state index is 0.0176. The van der Waals surface area contributed by atoms with Crippen LogP contribution in [0.15, 0.2) is 0 Å². The second kappa shape index (κ2) is 6.35. The van der Waals surface area contributed by atoms with Gasteiger partial charge in [-0.3, -0.25) is 4.79 Å². The Labute approximate surface area is 114 Å². The second-order valence-corrected chi connectivity index (χ2v) is 5.72. The Balaban J connectivity index is 2.68. The maximum atomic E-state index is 13.6. The van der Waals surface area contributed by atoms with E-state index < -0.39 is 11.7 Å². The van der Waals surface area contributed by atoms with Crippen molar-refractivity contribution in [3.05, 3.63) is 0 Å². The predicted octanol–water partition coefficient (Wildman–Crippen LogP) is 2.31. The zero-order valence-electron chi connectivity index (χ0n) is 12.2. The van der Waals surface area contributed by atoms with Gasteiger partial charge in [0.05, 0.1) is 6.61 Å². The molecular formula is C14H24FNO3. The Morgan fingerprint density at radius 3 is 2.63 bits per heavy atom. The molecule has 1 heterocycles. The molecule has 0 aliphatic carbocycles. The molecule has 1 saturated heterocycles. The average Bonchev–Trinajstić information content (AvgIpc) is 2.58. The van der Waals surface area contributed by atoms with Crippen LogP contribution < -0.4 is 0 Å². The zero-order chi connectivity index (χ0) is 14.6. The summed E-state index contributed by atoms with van der Waals surface area (Å²) >= 11 is 0.